The van der Waals surface area contributed by atoms with E-state index in [4.69, 9.17) is 16.7 Å². The predicted molar refractivity (Wildman–Crippen MR) is 90.5 cm³/mol. The smallest absolute Gasteiger partial charge is 0.280 e. The Hall–Kier alpha value is -1.82. The molecule has 3 N–H and O–H groups in total. The molecular formula is C14H12ClF3N2O4S2. The number of rotatable bonds is 5. The fourth-order valence-corrected chi connectivity index (χ4v) is 4.27. The molecule has 0 amide bonds. The molecule has 2 aromatic rings. The molecule has 6 nitrogen and oxygen atoms in total. The second-order valence-corrected chi connectivity index (χ2v) is 8.93. The van der Waals surface area contributed by atoms with Crippen molar-refractivity contribution in [2.75, 3.05) is 4.72 Å². The number of nitrogens with two attached hydrogens (primary N) is 1. The van der Waals surface area contributed by atoms with Gasteiger partial charge in [0.1, 0.15) is 4.90 Å². The predicted octanol–water partition coefficient (Wildman–Crippen LogP) is 2.95. The summed E-state index contributed by atoms with van der Waals surface area (Å²) in [4.78, 5) is -0.758. The molecule has 0 aromatic heterocycles. The summed E-state index contributed by atoms with van der Waals surface area (Å²) in [5.41, 5.74) is -1.03. The zero-order valence-electron chi connectivity index (χ0n) is 12.8. The summed E-state index contributed by atoms with van der Waals surface area (Å²) >= 11 is 5.73. The maximum absolute atomic E-state index is 12.8. The molecule has 0 unspecified atom stereocenters. The zero-order chi connectivity index (χ0) is 19.8. The number of halogens is 4. The van der Waals surface area contributed by atoms with E-state index in [2.05, 4.69) is 4.72 Å². The lowest BCUT2D eigenvalue weighted by Crippen LogP contribution is -2.16. The Bertz CT molecular complexity index is 1040. The Labute approximate surface area is 152 Å². The molecule has 0 aliphatic carbocycles. The summed E-state index contributed by atoms with van der Waals surface area (Å²) in [5.74, 6) is -0.535. The number of alkyl halides is 3. The molecule has 0 spiro atoms. The minimum atomic E-state index is -4.75. The summed E-state index contributed by atoms with van der Waals surface area (Å²) in [6.07, 6.45) is -4.75. The van der Waals surface area contributed by atoms with E-state index in [0.29, 0.717) is 12.1 Å². The average molecular weight is 429 g/mol. The van der Waals surface area contributed by atoms with E-state index in [0.717, 1.165) is 6.07 Å². The fourth-order valence-electron chi connectivity index (χ4n) is 2.05. The summed E-state index contributed by atoms with van der Waals surface area (Å²) in [5, 5.41) is 4.53. The van der Waals surface area contributed by atoms with Crippen LogP contribution >= 0.6 is 11.6 Å². The maximum atomic E-state index is 12.8. The number of nitrogens with one attached hydrogen (secondary N) is 1. The number of hydrogen-bond acceptors (Lipinski definition) is 4. The van der Waals surface area contributed by atoms with Crippen LogP contribution in [-0.4, -0.2) is 16.8 Å². The Morgan fingerprint density at radius 3 is 2.27 bits per heavy atom. The first-order valence-corrected chi connectivity index (χ1v) is 10.3. The van der Waals surface area contributed by atoms with Gasteiger partial charge in [-0.1, -0.05) is 23.7 Å². The van der Waals surface area contributed by atoms with Gasteiger partial charge in [0, 0.05) is 5.69 Å². The van der Waals surface area contributed by atoms with Gasteiger partial charge in [0.2, 0.25) is 10.0 Å². The van der Waals surface area contributed by atoms with Crippen molar-refractivity contribution in [2.24, 2.45) is 5.14 Å². The van der Waals surface area contributed by atoms with Crippen molar-refractivity contribution in [1.82, 2.24) is 0 Å². The van der Waals surface area contributed by atoms with Crippen LogP contribution < -0.4 is 9.86 Å². The molecule has 0 atom stereocenters. The van der Waals surface area contributed by atoms with Gasteiger partial charge < -0.3 is 0 Å². The van der Waals surface area contributed by atoms with E-state index in [-0.39, 0.29) is 11.3 Å². The van der Waals surface area contributed by atoms with Crippen LogP contribution in [0.25, 0.3) is 0 Å². The second kappa shape index (κ2) is 7.06. The normalized spacial score (nSPS) is 12.8. The quantitative estimate of drug-likeness (QED) is 0.763. The van der Waals surface area contributed by atoms with Crippen molar-refractivity contribution < 1.29 is 30.0 Å². The molecule has 2 rings (SSSR count). The van der Waals surface area contributed by atoms with Crippen LogP contribution in [0.15, 0.2) is 47.4 Å². The SMILES string of the molecule is NS(=O)(=O)Cc1cccc(NS(=O)(=O)c2cc(C(F)(F)F)ccc2Cl)c1. The van der Waals surface area contributed by atoms with E-state index in [1.54, 1.807) is 0 Å². The number of primary sulfonamides is 1. The van der Waals surface area contributed by atoms with Crippen molar-refractivity contribution in [1.29, 1.82) is 0 Å². The van der Waals surface area contributed by atoms with E-state index in [1.807, 2.05) is 0 Å². The van der Waals surface area contributed by atoms with Crippen LogP contribution in [0, 0.1) is 0 Å². The third kappa shape index (κ3) is 5.34. The van der Waals surface area contributed by atoms with Gasteiger partial charge in [0.05, 0.1) is 16.3 Å². The number of sulfonamides is 2. The highest BCUT2D eigenvalue weighted by Gasteiger charge is 2.32. The molecule has 0 aliphatic heterocycles. The lowest BCUT2D eigenvalue weighted by Gasteiger charge is -2.13. The van der Waals surface area contributed by atoms with Gasteiger partial charge in [-0.15, -0.1) is 0 Å². The fraction of sp³-hybridized carbons (Fsp3) is 0.143. The third-order valence-electron chi connectivity index (χ3n) is 3.10. The lowest BCUT2D eigenvalue weighted by molar-refractivity contribution is -0.137. The Balaban J connectivity index is 2.40. The van der Waals surface area contributed by atoms with E-state index in [1.165, 1.54) is 24.3 Å². The van der Waals surface area contributed by atoms with Crippen molar-refractivity contribution in [2.45, 2.75) is 16.8 Å². The first kappa shape index (κ1) is 20.5. The minimum Gasteiger partial charge on any atom is -0.280 e. The standard InChI is InChI=1S/C14H12ClF3N2O4S2/c15-12-5-4-10(14(16,17)18)7-13(12)26(23,24)20-11-3-1-2-9(6-11)8-25(19,21)22/h1-7,20H,8H2,(H2,19,21,22). The summed E-state index contributed by atoms with van der Waals surface area (Å²) in [6.45, 7) is 0. The van der Waals surface area contributed by atoms with Gasteiger partial charge >= 0.3 is 6.18 Å². The molecule has 0 bridgehead atoms. The molecule has 0 radical (unpaired) electrons. The molecule has 0 saturated heterocycles. The second-order valence-electron chi connectivity index (χ2n) is 5.26. The highest BCUT2D eigenvalue weighted by atomic mass is 35.5. The van der Waals surface area contributed by atoms with Crippen molar-refractivity contribution in [3.05, 3.63) is 58.6 Å². The molecule has 26 heavy (non-hydrogen) atoms. The summed E-state index contributed by atoms with van der Waals surface area (Å²) in [6, 6.07) is 7.17. The summed E-state index contributed by atoms with van der Waals surface area (Å²) in [7, 11) is -8.29. The molecule has 142 valence electrons. The van der Waals surface area contributed by atoms with E-state index in [9.17, 15) is 30.0 Å². The van der Waals surface area contributed by atoms with Gasteiger partial charge in [0.15, 0.2) is 0 Å². The Kier molecular flexibility index (Phi) is 5.57. The molecule has 0 fully saturated rings. The molecule has 0 heterocycles. The molecule has 12 heteroatoms. The number of hydrogen-bond donors (Lipinski definition) is 2. The first-order chi connectivity index (χ1) is 11.8. The van der Waals surface area contributed by atoms with Crippen molar-refractivity contribution in [3.63, 3.8) is 0 Å². The highest BCUT2D eigenvalue weighted by molar-refractivity contribution is 7.92. The zero-order valence-corrected chi connectivity index (χ0v) is 15.2. The van der Waals surface area contributed by atoms with E-state index >= 15 is 0 Å². The van der Waals surface area contributed by atoms with Crippen LogP contribution in [-0.2, 0) is 32.0 Å². The van der Waals surface area contributed by atoms with E-state index < -0.39 is 47.5 Å². The van der Waals surface area contributed by atoms with Crippen LogP contribution in [0.1, 0.15) is 11.1 Å². The highest BCUT2D eigenvalue weighted by Crippen LogP contribution is 2.34. The third-order valence-corrected chi connectivity index (χ3v) is 5.69. The van der Waals surface area contributed by atoms with Gasteiger partial charge in [-0.05, 0) is 35.9 Å². The van der Waals surface area contributed by atoms with Gasteiger partial charge in [-0.2, -0.15) is 13.2 Å². The van der Waals surface area contributed by atoms with Gasteiger partial charge in [0.25, 0.3) is 10.0 Å². The average Bonchev–Trinajstić information content (AvgIpc) is 2.44. The van der Waals surface area contributed by atoms with Gasteiger partial charge in [-0.3, -0.25) is 4.72 Å². The number of benzene rings is 2. The number of anilines is 1. The maximum Gasteiger partial charge on any atom is 0.416 e. The monoisotopic (exact) mass is 428 g/mol. The van der Waals surface area contributed by atoms with Gasteiger partial charge in [-0.25, -0.2) is 22.0 Å². The van der Waals surface area contributed by atoms with Crippen LogP contribution in [0.2, 0.25) is 5.02 Å². The van der Waals surface area contributed by atoms with Crippen molar-refractivity contribution >= 4 is 37.3 Å². The Morgan fingerprint density at radius 2 is 1.69 bits per heavy atom. The van der Waals surface area contributed by atoms with Crippen LogP contribution in [0.4, 0.5) is 18.9 Å². The minimum absolute atomic E-state index is 0.0559. The van der Waals surface area contributed by atoms with Crippen LogP contribution in [0.3, 0.4) is 0 Å². The first-order valence-electron chi connectivity index (χ1n) is 6.77. The largest absolute Gasteiger partial charge is 0.416 e. The molecule has 0 aliphatic rings. The topological polar surface area (TPSA) is 106 Å². The van der Waals surface area contributed by atoms with Crippen LogP contribution in [0.5, 0.6) is 0 Å². The lowest BCUT2D eigenvalue weighted by atomic mass is 10.2. The Morgan fingerprint density at radius 1 is 1.04 bits per heavy atom. The molecular weight excluding hydrogens is 417 g/mol. The van der Waals surface area contributed by atoms with Crippen molar-refractivity contribution in [3.8, 4) is 0 Å². The molecule has 2 aromatic carbocycles. The summed E-state index contributed by atoms with van der Waals surface area (Å²) < 4.78 is 87.5. The molecule has 0 saturated carbocycles.